The minimum absolute atomic E-state index is 0.139. The van der Waals surface area contributed by atoms with Gasteiger partial charge in [0, 0.05) is 6.04 Å². The van der Waals surface area contributed by atoms with Crippen molar-refractivity contribution in [3.63, 3.8) is 0 Å². The van der Waals surface area contributed by atoms with Gasteiger partial charge in [-0.3, -0.25) is 0 Å². The zero-order chi connectivity index (χ0) is 12.1. The van der Waals surface area contributed by atoms with E-state index >= 15 is 0 Å². The lowest BCUT2D eigenvalue weighted by atomic mass is 9.83. The molecule has 90 valence electrons. The van der Waals surface area contributed by atoms with E-state index < -0.39 is 0 Å². The minimum Gasteiger partial charge on any atom is -0.323 e. The number of hydrogen-bond donors (Lipinski definition) is 1. The van der Waals surface area contributed by atoms with Crippen molar-refractivity contribution in [3.05, 3.63) is 35.4 Å². The maximum Gasteiger partial charge on any atom is 0.0641 e. The first kappa shape index (κ1) is 12.1. The van der Waals surface area contributed by atoms with Gasteiger partial charge in [0.15, 0.2) is 0 Å². The molecule has 0 spiro atoms. The average Bonchev–Trinajstić information content (AvgIpc) is 2.40. The number of nitrogens with zero attached hydrogens (tertiary/aromatic N) is 1. The fourth-order valence-corrected chi connectivity index (χ4v) is 2.67. The highest BCUT2D eigenvalue weighted by Crippen LogP contribution is 2.32. The van der Waals surface area contributed by atoms with E-state index in [2.05, 4.69) is 30.3 Å². The molecule has 0 saturated heterocycles. The van der Waals surface area contributed by atoms with Crippen LogP contribution in [0.3, 0.4) is 0 Å². The quantitative estimate of drug-likeness (QED) is 0.858. The first-order chi connectivity index (χ1) is 8.31. The highest BCUT2D eigenvalue weighted by atomic mass is 14.6. The largest absolute Gasteiger partial charge is 0.323 e. The van der Waals surface area contributed by atoms with Crippen LogP contribution >= 0.6 is 0 Å². The average molecular weight is 228 g/mol. The summed E-state index contributed by atoms with van der Waals surface area (Å²) in [5.74, 6) is 0.741. The van der Waals surface area contributed by atoms with Gasteiger partial charge in [0.05, 0.1) is 12.5 Å². The molecule has 17 heavy (non-hydrogen) atoms. The van der Waals surface area contributed by atoms with Crippen LogP contribution in [0.15, 0.2) is 24.3 Å². The molecule has 2 N–H and O–H groups in total. The van der Waals surface area contributed by atoms with Crippen LogP contribution in [0.5, 0.6) is 0 Å². The molecule has 1 aliphatic rings. The van der Waals surface area contributed by atoms with Crippen LogP contribution in [-0.4, -0.2) is 0 Å². The Labute approximate surface area is 103 Å². The van der Waals surface area contributed by atoms with Crippen molar-refractivity contribution >= 4 is 0 Å². The summed E-state index contributed by atoms with van der Waals surface area (Å²) >= 11 is 0. The van der Waals surface area contributed by atoms with E-state index in [-0.39, 0.29) is 6.04 Å². The molecule has 0 aromatic heterocycles. The van der Waals surface area contributed by atoms with Crippen LogP contribution in [0.2, 0.25) is 0 Å². The SMILES string of the molecule is N#CCC(N)c1ccc(C2CCCCC2)cc1. The molecule has 1 aliphatic carbocycles. The van der Waals surface area contributed by atoms with Gasteiger partial charge in [0.1, 0.15) is 0 Å². The monoisotopic (exact) mass is 228 g/mol. The van der Waals surface area contributed by atoms with E-state index in [0.29, 0.717) is 6.42 Å². The molecule has 1 fully saturated rings. The molecule has 0 amide bonds. The lowest BCUT2D eigenvalue weighted by molar-refractivity contribution is 0.443. The number of rotatable bonds is 3. The van der Waals surface area contributed by atoms with Crippen LogP contribution in [-0.2, 0) is 0 Å². The van der Waals surface area contributed by atoms with Gasteiger partial charge >= 0.3 is 0 Å². The molecule has 0 radical (unpaired) electrons. The van der Waals surface area contributed by atoms with Crippen LogP contribution in [0.25, 0.3) is 0 Å². The van der Waals surface area contributed by atoms with E-state index in [9.17, 15) is 0 Å². The van der Waals surface area contributed by atoms with E-state index in [1.54, 1.807) is 0 Å². The summed E-state index contributed by atoms with van der Waals surface area (Å²) in [6.45, 7) is 0. The second-order valence-corrected chi connectivity index (χ2v) is 4.97. The van der Waals surface area contributed by atoms with Crippen LogP contribution in [0.1, 0.15) is 61.6 Å². The Balaban J connectivity index is 2.04. The molecule has 1 saturated carbocycles. The van der Waals surface area contributed by atoms with Gasteiger partial charge in [-0.2, -0.15) is 5.26 Å². The van der Waals surface area contributed by atoms with E-state index in [1.807, 2.05) is 0 Å². The number of benzene rings is 1. The minimum atomic E-state index is -0.139. The highest BCUT2D eigenvalue weighted by molar-refractivity contribution is 5.28. The Morgan fingerprint density at radius 2 is 1.82 bits per heavy atom. The standard InChI is InChI=1S/C15H20N2/c16-11-10-15(17)14-8-6-13(7-9-14)12-4-2-1-3-5-12/h6-9,12,15H,1-5,10,17H2. The number of nitriles is 1. The van der Waals surface area contributed by atoms with Crippen molar-refractivity contribution in [2.75, 3.05) is 0 Å². The van der Waals surface area contributed by atoms with Crippen molar-refractivity contribution in [3.8, 4) is 6.07 Å². The fraction of sp³-hybridized carbons (Fsp3) is 0.533. The summed E-state index contributed by atoms with van der Waals surface area (Å²) in [7, 11) is 0. The van der Waals surface area contributed by atoms with E-state index in [0.717, 1.165) is 11.5 Å². The van der Waals surface area contributed by atoms with Gasteiger partial charge in [-0.25, -0.2) is 0 Å². The number of hydrogen-bond acceptors (Lipinski definition) is 2. The predicted molar refractivity (Wildman–Crippen MR) is 69.4 cm³/mol. The Morgan fingerprint density at radius 3 is 2.41 bits per heavy atom. The van der Waals surface area contributed by atoms with Gasteiger partial charge in [0.2, 0.25) is 0 Å². The summed E-state index contributed by atoms with van der Waals surface area (Å²) in [5, 5.41) is 8.63. The zero-order valence-corrected chi connectivity index (χ0v) is 10.2. The Hall–Kier alpha value is -1.33. The second kappa shape index (κ2) is 5.84. The summed E-state index contributed by atoms with van der Waals surface area (Å²) in [5.41, 5.74) is 8.43. The van der Waals surface area contributed by atoms with E-state index in [4.69, 9.17) is 11.0 Å². The molecule has 1 aromatic rings. The highest BCUT2D eigenvalue weighted by Gasteiger charge is 2.15. The van der Waals surface area contributed by atoms with Crippen molar-refractivity contribution in [2.45, 2.75) is 50.5 Å². The van der Waals surface area contributed by atoms with Gasteiger partial charge in [-0.15, -0.1) is 0 Å². The van der Waals surface area contributed by atoms with Crippen LogP contribution in [0, 0.1) is 11.3 Å². The van der Waals surface area contributed by atoms with Crippen LogP contribution < -0.4 is 5.73 Å². The summed E-state index contributed by atoms with van der Waals surface area (Å²) < 4.78 is 0. The molecule has 0 heterocycles. The van der Waals surface area contributed by atoms with Gasteiger partial charge in [-0.1, -0.05) is 43.5 Å². The molecule has 1 unspecified atom stereocenters. The maximum absolute atomic E-state index is 8.63. The molecule has 1 aromatic carbocycles. The molecular formula is C15H20N2. The predicted octanol–water partition coefficient (Wildman–Crippen LogP) is 3.65. The van der Waals surface area contributed by atoms with Crippen LogP contribution in [0.4, 0.5) is 0 Å². The normalized spacial score (nSPS) is 18.6. The van der Waals surface area contributed by atoms with Gasteiger partial charge in [0.25, 0.3) is 0 Å². The van der Waals surface area contributed by atoms with E-state index in [1.165, 1.54) is 37.7 Å². The Morgan fingerprint density at radius 1 is 1.18 bits per heavy atom. The third kappa shape index (κ3) is 3.08. The van der Waals surface area contributed by atoms with Gasteiger partial charge < -0.3 is 5.73 Å². The first-order valence-electron chi connectivity index (χ1n) is 6.53. The fourth-order valence-electron chi connectivity index (χ4n) is 2.67. The molecule has 2 heteroatoms. The maximum atomic E-state index is 8.63. The number of nitrogens with two attached hydrogens (primary N) is 1. The second-order valence-electron chi connectivity index (χ2n) is 4.97. The topological polar surface area (TPSA) is 49.8 Å². The lowest BCUT2D eigenvalue weighted by Gasteiger charge is -2.22. The Kier molecular flexibility index (Phi) is 4.17. The first-order valence-corrected chi connectivity index (χ1v) is 6.53. The molecule has 2 nitrogen and oxygen atoms in total. The summed E-state index contributed by atoms with van der Waals surface area (Å²) in [6, 6.07) is 10.6. The van der Waals surface area contributed by atoms with Crippen molar-refractivity contribution < 1.29 is 0 Å². The third-order valence-electron chi connectivity index (χ3n) is 3.75. The van der Waals surface area contributed by atoms with Crippen molar-refractivity contribution in [1.82, 2.24) is 0 Å². The molecule has 2 rings (SSSR count). The lowest BCUT2D eigenvalue weighted by Crippen LogP contribution is -2.10. The third-order valence-corrected chi connectivity index (χ3v) is 3.75. The van der Waals surface area contributed by atoms with Crippen molar-refractivity contribution in [2.24, 2.45) is 5.73 Å². The molecular weight excluding hydrogens is 208 g/mol. The zero-order valence-electron chi connectivity index (χ0n) is 10.2. The molecule has 0 bridgehead atoms. The van der Waals surface area contributed by atoms with Crippen molar-refractivity contribution in [1.29, 1.82) is 5.26 Å². The Bertz CT molecular complexity index is 382. The van der Waals surface area contributed by atoms with Gasteiger partial charge in [-0.05, 0) is 29.9 Å². The molecule has 0 aliphatic heterocycles. The summed E-state index contributed by atoms with van der Waals surface area (Å²) in [4.78, 5) is 0. The summed E-state index contributed by atoms with van der Waals surface area (Å²) in [6.07, 6.45) is 7.15. The molecule has 1 atom stereocenters. The smallest absolute Gasteiger partial charge is 0.0641 e.